The van der Waals surface area contributed by atoms with E-state index in [1.54, 1.807) is 6.20 Å². The second kappa shape index (κ2) is 4.57. The molecule has 0 atom stereocenters. The van der Waals surface area contributed by atoms with E-state index in [1.165, 1.54) is 0 Å². The predicted molar refractivity (Wildman–Crippen MR) is 76.2 cm³/mol. The second-order valence-electron chi connectivity index (χ2n) is 4.41. The van der Waals surface area contributed by atoms with Gasteiger partial charge in [0.25, 0.3) is 0 Å². The zero-order chi connectivity index (χ0) is 12.5. The van der Waals surface area contributed by atoms with Crippen LogP contribution < -0.4 is 10.6 Å². The minimum Gasteiger partial charge on any atom is -0.397 e. The van der Waals surface area contributed by atoms with Gasteiger partial charge in [-0.2, -0.15) is 0 Å². The third kappa shape index (κ3) is 1.95. The quantitative estimate of drug-likeness (QED) is 0.788. The van der Waals surface area contributed by atoms with Crippen molar-refractivity contribution in [3.05, 3.63) is 30.5 Å². The maximum Gasteiger partial charge on any atom is 0.0951 e. The first-order valence-corrected chi connectivity index (χ1v) is 7.47. The molecule has 1 fully saturated rings. The van der Waals surface area contributed by atoms with E-state index in [9.17, 15) is 4.21 Å². The van der Waals surface area contributed by atoms with Crippen LogP contribution in [0.3, 0.4) is 0 Å². The minimum absolute atomic E-state index is 0.655. The average molecular weight is 261 g/mol. The van der Waals surface area contributed by atoms with E-state index in [-0.39, 0.29) is 0 Å². The third-order valence-corrected chi connectivity index (χ3v) is 4.57. The number of nitrogens with zero attached hydrogens (tertiary/aromatic N) is 2. The largest absolute Gasteiger partial charge is 0.397 e. The lowest BCUT2D eigenvalue weighted by Crippen LogP contribution is -2.37. The maximum absolute atomic E-state index is 11.4. The van der Waals surface area contributed by atoms with Crippen LogP contribution >= 0.6 is 0 Å². The van der Waals surface area contributed by atoms with E-state index in [2.05, 4.69) is 9.88 Å². The SMILES string of the molecule is Nc1ccc(N2CCS(=O)CC2)c2cccnc12. The van der Waals surface area contributed by atoms with Crippen LogP contribution in [0, 0.1) is 0 Å². The normalized spacial score (nSPS) is 17.2. The molecule has 0 bridgehead atoms. The first-order valence-electron chi connectivity index (χ1n) is 5.99. The molecule has 2 aromatic rings. The summed E-state index contributed by atoms with van der Waals surface area (Å²) in [5.41, 5.74) is 8.64. The van der Waals surface area contributed by atoms with Crippen molar-refractivity contribution in [1.82, 2.24) is 4.98 Å². The van der Waals surface area contributed by atoms with Crippen molar-refractivity contribution in [3.63, 3.8) is 0 Å². The van der Waals surface area contributed by atoms with Gasteiger partial charge in [-0.05, 0) is 24.3 Å². The lowest BCUT2D eigenvalue weighted by atomic mass is 10.1. The molecule has 1 aromatic heterocycles. The fourth-order valence-corrected chi connectivity index (χ4v) is 3.39. The summed E-state index contributed by atoms with van der Waals surface area (Å²) in [4.78, 5) is 6.61. The van der Waals surface area contributed by atoms with Crippen LogP contribution in [0.5, 0.6) is 0 Å². The molecule has 1 saturated heterocycles. The summed E-state index contributed by atoms with van der Waals surface area (Å²) >= 11 is 0. The van der Waals surface area contributed by atoms with Gasteiger partial charge in [0.1, 0.15) is 0 Å². The van der Waals surface area contributed by atoms with Gasteiger partial charge in [-0.25, -0.2) is 0 Å². The van der Waals surface area contributed by atoms with E-state index >= 15 is 0 Å². The molecule has 2 heterocycles. The lowest BCUT2D eigenvalue weighted by molar-refractivity contribution is 0.673. The Morgan fingerprint density at radius 2 is 2.00 bits per heavy atom. The van der Waals surface area contributed by atoms with E-state index in [0.29, 0.717) is 5.69 Å². The van der Waals surface area contributed by atoms with E-state index < -0.39 is 10.8 Å². The number of hydrogen-bond donors (Lipinski definition) is 1. The summed E-state index contributed by atoms with van der Waals surface area (Å²) in [6.45, 7) is 1.67. The molecule has 18 heavy (non-hydrogen) atoms. The molecule has 0 aliphatic carbocycles. The number of benzene rings is 1. The van der Waals surface area contributed by atoms with Crippen molar-refractivity contribution in [1.29, 1.82) is 0 Å². The molecule has 0 amide bonds. The number of hydrogen-bond acceptors (Lipinski definition) is 4. The minimum atomic E-state index is -0.655. The molecule has 0 saturated carbocycles. The van der Waals surface area contributed by atoms with Crippen molar-refractivity contribution in [2.45, 2.75) is 0 Å². The number of aromatic nitrogens is 1. The molecule has 1 aromatic carbocycles. The van der Waals surface area contributed by atoms with Gasteiger partial charge in [0.15, 0.2) is 0 Å². The van der Waals surface area contributed by atoms with Crippen molar-refractivity contribution in [2.24, 2.45) is 0 Å². The summed E-state index contributed by atoms with van der Waals surface area (Å²) in [5, 5.41) is 1.07. The van der Waals surface area contributed by atoms with Crippen molar-refractivity contribution in [2.75, 3.05) is 35.2 Å². The molecule has 1 aliphatic heterocycles. The number of nitrogens with two attached hydrogens (primary N) is 1. The molecule has 0 radical (unpaired) electrons. The Balaban J connectivity index is 2.07. The third-order valence-electron chi connectivity index (χ3n) is 3.30. The number of nitrogen functional groups attached to an aromatic ring is 1. The van der Waals surface area contributed by atoms with Crippen LogP contribution in [0.2, 0.25) is 0 Å². The van der Waals surface area contributed by atoms with Gasteiger partial charge in [-0.3, -0.25) is 9.19 Å². The van der Waals surface area contributed by atoms with Gasteiger partial charge < -0.3 is 10.6 Å². The molecule has 5 heteroatoms. The molecule has 1 aliphatic rings. The topological polar surface area (TPSA) is 59.2 Å². The summed E-state index contributed by atoms with van der Waals surface area (Å²) < 4.78 is 11.4. The number of pyridine rings is 1. The van der Waals surface area contributed by atoms with E-state index in [4.69, 9.17) is 5.73 Å². The zero-order valence-electron chi connectivity index (χ0n) is 10.0. The number of anilines is 2. The van der Waals surface area contributed by atoms with Gasteiger partial charge in [0.05, 0.1) is 11.2 Å². The second-order valence-corrected chi connectivity index (χ2v) is 6.10. The lowest BCUT2D eigenvalue weighted by Gasteiger charge is -2.29. The Labute approximate surface area is 108 Å². The highest BCUT2D eigenvalue weighted by molar-refractivity contribution is 7.85. The van der Waals surface area contributed by atoms with Gasteiger partial charge in [0.2, 0.25) is 0 Å². The van der Waals surface area contributed by atoms with Gasteiger partial charge in [0, 0.05) is 52.7 Å². The van der Waals surface area contributed by atoms with Crippen LogP contribution in [0.15, 0.2) is 30.5 Å². The first kappa shape index (κ1) is 11.5. The summed E-state index contributed by atoms with van der Waals surface area (Å²) in [5.74, 6) is 1.48. The van der Waals surface area contributed by atoms with Crippen molar-refractivity contribution in [3.8, 4) is 0 Å². The first-order chi connectivity index (χ1) is 8.75. The zero-order valence-corrected chi connectivity index (χ0v) is 10.8. The van der Waals surface area contributed by atoms with Crippen LogP contribution in [-0.2, 0) is 10.8 Å². The fraction of sp³-hybridized carbons (Fsp3) is 0.308. The Kier molecular flexibility index (Phi) is 2.91. The molecule has 0 spiro atoms. The monoisotopic (exact) mass is 261 g/mol. The molecule has 3 rings (SSSR count). The van der Waals surface area contributed by atoms with Crippen molar-refractivity contribution < 1.29 is 4.21 Å². The summed E-state index contributed by atoms with van der Waals surface area (Å²) in [6, 6.07) is 7.90. The van der Waals surface area contributed by atoms with Gasteiger partial charge >= 0.3 is 0 Å². The molecule has 2 N–H and O–H groups in total. The van der Waals surface area contributed by atoms with Crippen LogP contribution in [0.4, 0.5) is 11.4 Å². The van der Waals surface area contributed by atoms with E-state index in [0.717, 1.165) is 41.2 Å². The Morgan fingerprint density at radius 3 is 2.78 bits per heavy atom. The van der Waals surface area contributed by atoms with Crippen LogP contribution in [-0.4, -0.2) is 33.8 Å². The van der Waals surface area contributed by atoms with Gasteiger partial charge in [-0.1, -0.05) is 0 Å². The smallest absolute Gasteiger partial charge is 0.0951 e. The fourth-order valence-electron chi connectivity index (χ4n) is 2.33. The molecular formula is C13H15N3OS. The highest BCUT2D eigenvalue weighted by atomic mass is 32.2. The van der Waals surface area contributed by atoms with Gasteiger partial charge in [-0.15, -0.1) is 0 Å². The highest BCUT2D eigenvalue weighted by Crippen LogP contribution is 2.29. The van der Waals surface area contributed by atoms with Crippen LogP contribution in [0.25, 0.3) is 10.9 Å². The van der Waals surface area contributed by atoms with Crippen molar-refractivity contribution >= 4 is 33.1 Å². The Bertz CT molecular complexity index is 604. The standard InChI is InChI=1S/C13H15N3OS/c14-11-3-4-12(10-2-1-5-15-13(10)11)16-6-8-18(17)9-7-16/h1-5H,6-9,14H2. The Hall–Kier alpha value is -1.62. The van der Waals surface area contributed by atoms with E-state index in [1.807, 2.05) is 24.3 Å². The number of fused-ring (bicyclic) bond motifs is 1. The molecule has 0 unspecified atom stereocenters. The highest BCUT2D eigenvalue weighted by Gasteiger charge is 2.17. The molecule has 4 nitrogen and oxygen atoms in total. The maximum atomic E-state index is 11.4. The predicted octanol–water partition coefficient (Wildman–Crippen LogP) is 1.39. The Morgan fingerprint density at radius 1 is 1.22 bits per heavy atom. The summed E-state index contributed by atoms with van der Waals surface area (Å²) in [6.07, 6.45) is 1.76. The van der Waals surface area contributed by atoms with Crippen LogP contribution in [0.1, 0.15) is 0 Å². The number of rotatable bonds is 1. The average Bonchev–Trinajstić information content (AvgIpc) is 2.41. The summed E-state index contributed by atoms with van der Waals surface area (Å²) in [7, 11) is -0.655. The molecule has 94 valence electrons. The molecular weight excluding hydrogens is 246 g/mol.